The number of methoxy groups -OCH3 is 1. The summed E-state index contributed by atoms with van der Waals surface area (Å²) in [6.45, 7) is 0.834. The Morgan fingerprint density at radius 3 is 2.72 bits per heavy atom. The van der Waals surface area contributed by atoms with Crippen molar-refractivity contribution in [3.63, 3.8) is 0 Å². The van der Waals surface area contributed by atoms with Gasteiger partial charge in [0.05, 0.1) is 40.7 Å². The van der Waals surface area contributed by atoms with Gasteiger partial charge in [0, 0.05) is 10.6 Å². The van der Waals surface area contributed by atoms with E-state index in [9.17, 15) is 5.26 Å². The van der Waals surface area contributed by atoms with Crippen LogP contribution >= 0.6 is 34.2 Å². The summed E-state index contributed by atoms with van der Waals surface area (Å²) in [4.78, 5) is 4.40. The van der Waals surface area contributed by atoms with E-state index >= 15 is 0 Å². The second-order valence-electron chi connectivity index (χ2n) is 7.09. The van der Waals surface area contributed by atoms with Gasteiger partial charge in [-0.15, -0.1) is 0 Å². The highest BCUT2D eigenvalue weighted by Crippen LogP contribution is 2.35. The molecule has 5 nitrogen and oxygen atoms in total. The van der Waals surface area contributed by atoms with Crippen LogP contribution in [0.25, 0.3) is 17.1 Å². The molecule has 0 bridgehead atoms. The third kappa shape index (κ3) is 5.06. The number of para-hydroxylation sites is 2. The highest BCUT2D eigenvalue weighted by Gasteiger charge is 2.12. The first kappa shape index (κ1) is 22.2. The van der Waals surface area contributed by atoms with Crippen LogP contribution in [0.3, 0.4) is 0 Å². The quantitative estimate of drug-likeness (QED) is 0.193. The lowest BCUT2D eigenvalue weighted by atomic mass is 10.1. The number of imidazole rings is 1. The molecule has 4 rings (SSSR count). The van der Waals surface area contributed by atoms with Crippen LogP contribution in [0.15, 0.2) is 72.6 Å². The monoisotopic (exact) mass is 555 g/mol. The molecule has 1 aromatic heterocycles. The molecule has 0 saturated heterocycles. The maximum absolute atomic E-state index is 9.72. The summed E-state index contributed by atoms with van der Waals surface area (Å²) in [6, 6.07) is 21.6. The first-order valence-electron chi connectivity index (χ1n) is 9.82. The second-order valence-corrected chi connectivity index (χ2v) is 8.69. The van der Waals surface area contributed by atoms with E-state index in [1.54, 1.807) is 13.4 Å². The Bertz CT molecular complexity index is 1320. The molecule has 0 radical (unpaired) electrons. The molecular formula is C25H19ClIN3O2. The van der Waals surface area contributed by atoms with Crippen LogP contribution in [-0.4, -0.2) is 16.7 Å². The number of fused-ring (bicyclic) bond motifs is 1. The van der Waals surface area contributed by atoms with Crippen molar-refractivity contribution in [2.45, 2.75) is 13.2 Å². The Morgan fingerprint density at radius 1 is 1.19 bits per heavy atom. The van der Waals surface area contributed by atoms with Crippen molar-refractivity contribution in [2.75, 3.05) is 7.11 Å². The number of nitrogens with zero attached hydrogens (tertiary/aromatic N) is 3. The minimum absolute atomic E-state index is 0.399. The number of nitriles is 1. The summed E-state index contributed by atoms with van der Waals surface area (Å²) < 4.78 is 14.5. The Labute approximate surface area is 205 Å². The van der Waals surface area contributed by atoms with E-state index in [1.165, 1.54) is 0 Å². The van der Waals surface area contributed by atoms with E-state index in [1.807, 2.05) is 71.3 Å². The van der Waals surface area contributed by atoms with E-state index in [-0.39, 0.29) is 0 Å². The van der Waals surface area contributed by atoms with Crippen molar-refractivity contribution in [3.05, 3.63) is 92.3 Å². The third-order valence-corrected chi connectivity index (χ3v) is 5.95. The minimum atomic E-state index is 0.399. The Hall–Kier alpha value is -3.02. The lowest BCUT2D eigenvalue weighted by molar-refractivity contribution is 0.282. The molecule has 32 heavy (non-hydrogen) atoms. The van der Waals surface area contributed by atoms with Crippen LogP contribution in [0.2, 0.25) is 5.02 Å². The van der Waals surface area contributed by atoms with Gasteiger partial charge in [0.2, 0.25) is 0 Å². The van der Waals surface area contributed by atoms with Crippen LogP contribution in [0.1, 0.15) is 11.1 Å². The lowest BCUT2D eigenvalue weighted by Crippen LogP contribution is -2.01. The Morgan fingerprint density at radius 2 is 1.97 bits per heavy atom. The summed E-state index contributed by atoms with van der Waals surface area (Å²) in [5, 5.41) is 10.4. The number of benzene rings is 3. The molecule has 0 aliphatic rings. The molecule has 7 heteroatoms. The molecule has 0 aliphatic carbocycles. The van der Waals surface area contributed by atoms with Crippen molar-refractivity contribution in [2.24, 2.45) is 0 Å². The van der Waals surface area contributed by atoms with Crippen LogP contribution < -0.4 is 9.47 Å². The number of aromatic nitrogens is 2. The van der Waals surface area contributed by atoms with E-state index in [2.05, 4.69) is 33.6 Å². The summed E-state index contributed by atoms with van der Waals surface area (Å²) in [5.74, 6) is 1.28. The molecule has 160 valence electrons. The van der Waals surface area contributed by atoms with Crippen LogP contribution in [0, 0.1) is 14.9 Å². The summed E-state index contributed by atoms with van der Waals surface area (Å²) in [6.07, 6.45) is 3.62. The van der Waals surface area contributed by atoms with Crippen LogP contribution in [0.5, 0.6) is 11.5 Å². The topological polar surface area (TPSA) is 60.1 Å². The van der Waals surface area contributed by atoms with Gasteiger partial charge in [-0.2, -0.15) is 5.26 Å². The maximum Gasteiger partial charge on any atom is 0.174 e. The third-order valence-electron chi connectivity index (χ3n) is 4.90. The molecule has 0 spiro atoms. The van der Waals surface area contributed by atoms with Crippen molar-refractivity contribution < 1.29 is 9.47 Å². The number of allylic oxidation sites excluding steroid dienone is 1. The van der Waals surface area contributed by atoms with Gasteiger partial charge < -0.3 is 14.0 Å². The standard InChI is InChI=1S/C25H19ClIN3O2/c1-31-24-12-18(11-21(27)25(24)32-15-17-6-8-20(26)9-7-17)10-19(13-28)14-30-16-29-22-4-2-3-5-23(22)30/h2-12,16H,14-15H2,1H3/b19-10-. The van der Waals surface area contributed by atoms with Gasteiger partial charge in [-0.05, 0) is 76.2 Å². The fraction of sp³-hybridized carbons (Fsp3) is 0.120. The van der Waals surface area contributed by atoms with Crippen LogP contribution in [-0.2, 0) is 13.2 Å². The fourth-order valence-electron chi connectivity index (χ4n) is 3.33. The number of halogens is 2. The average molecular weight is 556 g/mol. The SMILES string of the molecule is COc1cc(/C=C(/C#N)Cn2cnc3ccccc32)cc(I)c1OCc1ccc(Cl)cc1. The largest absolute Gasteiger partial charge is 0.493 e. The van der Waals surface area contributed by atoms with E-state index in [4.69, 9.17) is 21.1 Å². The number of hydrogen-bond donors (Lipinski definition) is 0. The van der Waals surface area contributed by atoms with Crippen molar-refractivity contribution in [3.8, 4) is 17.6 Å². The van der Waals surface area contributed by atoms with Gasteiger partial charge in [0.15, 0.2) is 11.5 Å². The number of ether oxygens (including phenoxy) is 2. The van der Waals surface area contributed by atoms with Gasteiger partial charge in [-0.1, -0.05) is 35.9 Å². The van der Waals surface area contributed by atoms with E-state index in [0.29, 0.717) is 35.2 Å². The first-order chi connectivity index (χ1) is 15.6. The predicted molar refractivity (Wildman–Crippen MR) is 135 cm³/mol. The molecule has 0 fully saturated rings. The molecule has 0 aliphatic heterocycles. The molecule has 0 saturated carbocycles. The predicted octanol–water partition coefficient (Wildman–Crippen LogP) is 6.49. The number of hydrogen-bond acceptors (Lipinski definition) is 4. The highest BCUT2D eigenvalue weighted by molar-refractivity contribution is 14.1. The minimum Gasteiger partial charge on any atom is -0.493 e. The average Bonchev–Trinajstić information content (AvgIpc) is 3.21. The molecule has 0 amide bonds. The smallest absolute Gasteiger partial charge is 0.174 e. The highest BCUT2D eigenvalue weighted by atomic mass is 127. The molecule has 4 aromatic rings. The van der Waals surface area contributed by atoms with Gasteiger partial charge in [-0.25, -0.2) is 4.98 Å². The summed E-state index contributed by atoms with van der Waals surface area (Å²) in [7, 11) is 1.61. The van der Waals surface area contributed by atoms with E-state index in [0.717, 1.165) is 25.7 Å². The Balaban J connectivity index is 1.57. The van der Waals surface area contributed by atoms with Gasteiger partial charge in [0.1, 0.15) is 6.61 Å². The molecular weight excluding hydrogens is 537 g/mol. The van der Waals surface area contributed by atoms with E-state index < -0.39 is 0 Å². The van der Waals surface area contributed by atoms with Crippen molar-refractivity contribution >= 4 is 51.3 Å². The number of rotatable bonds is 7. The first-order valence-corrected chi connectivity index (χ1v) is 11.3. The van der Waals surface area contributed by atoms with Gasteiger partial charge >= 0.3 is 0 Å². The zero-order valence-electron chi connectivity index (χ0n) is 17.3. The fourth-order valence-corrected chi connectivity index (χ4v) is 4.24. The summed E-state index contributed by atoms with van der Waals surface area (Å²) >= 11 is 8.17. The molecule has 1 heterocycles. The van der Waals surface area contributed by atoms with Crippen molar-refractivity contribution in [1.29, 1.82) is 5.26 Å². The summed E-state index contributed by atoms with van der Waals surface area (Å²) in [5.41, 5.74) is 4.39. The molecule has 0 unspecified atom stereocenters. The zero-order valence-corrected chi connectivity index (χ0v) is 20.2. The maximum atomic E-state index is 9.72. The Kier molecular flexibility index (Phi) is 6.98. The molecule has 3 aromatic carbocycles. The van der Waals surface area contributed by atoms with Gasteiger partial charge in [-0.3, -0.25) is 0 Å². The second kappa shape index (κ2) is 10.1. The lowest BCUT2D eigenvalue weighted by Gasteiger charge is -2.14. The zero-order chi connectivity index (χ0) is 22.5. The van der Waals surface area contributed by atoms with Crippen molar-refractivity contribution in [1.82, 2.24) is 9.55 Å². The normalized spacial score (nSPS) is 11.4. The molecule has 0 N–H and O–H groups in total. The van der Waals surface area contributed by atoms with Gasteiger partial charge in [0.25, 0.3) is 0 Å². The molecule has 0 atom stereocenters. The van der Waals surface area contributed by atoms with Crippen LogP contribution in [0.4, 0.5) is 0 Å².